The normalized spacial score (nSPS) is 14.6. The molecule has 0 aromatic carbocycles. The molecule has 1 N–H and O–H groups in total. The van der Waals surface area contributed by atoms with Crippen LogP contribution < -0.4 is 0 Å². The molecular formula is C21H43NO8P+. The predicted octanol–water partition coefficient (Wildman–Crippen LogP) is 3.83. The van der Waals surface area contributed by atoms with Crippen LogP contribution in [0.4, 0.5) is 0 Å². The van der Waals surface area contributed by atoms with Gasteiger partial charge in [-0.3, -0.25) is 18.6 Å². The summed E-state index contributed by atoms with van der Waals surface area (Å²) in [5.74, 6) is -0.999. The highest BCUT2D eigenvalue weighted by molar-refractivity contribution is 7.47. The van der Waals surface area contributed by atoms with Gasteiger partial charge in [0.05, 0.1) is 27.7 Å². The Bertz CT molecular complexity index is 550. The molecule has 0 amide bonds. The van der Waals surface area contributed by atoms with E-state index in [0.717, 1.165) is 19.3 Å². The highest BCUT2D eigenvalue weighted by Crippen LogP contribution is 2.43. The number of hydrogen-bond acceptors (Lipinski definition) is 7. The second-order valence-corrected chi connectivity index (χ2v) is 10.2. The van der Waals surface area contributed by atoms with Crippen molar-refractivity contribution in [1.29, 1.82) is 0 Å². The van der Waals surface area contributed by atoms with Gasteiger partial charge in [0.1, 0.15) is 19.8 Å². The molecule has 0 aromatic heterocycles. The van der Waals surface area contributed by atoms with Gasteiger partial charge in [-0.15, -0.1) is 0 Å². The second kappa shape index (κ2) is 16.6. The minimum atomic E-state index is -4.30. The van der Waals surface area contributed by atoms with E-state index in [-0.39, 0.29) is 19.6 Å². The van der Waals surface area contributed by atoms with Crippen LogP contribution in [0.25, 0.3) is 0 Å². The van der Waals surface area contributed by atoms with E-state index >= 15 is 0 Å². The number of hydrogen-bond donors (Lipinski definition) is 1. The summed E-state index contributed by atoms with van der Waals surface area (Å²) in [4.78, 5) is 32.9. The van der Waals surface area contributed by atoms with Crippen LogP contribution in [0.3, 0.4) is 0 Å². The maximum absolute atomic E-state index is 12.0. The zero-order valence-corrected chi connectivity index (χ0v) is 20.9. The van der Waals surface area contributed by atoms with Gasteiger partial charge in [0.15, 0.2) is 6.10 Å². The Hall–Kier alpha value is -0.990. The monoisotopic (exact) mass is 468 g/mol. The number of rotatable bonds is 19. The SMILES string of the molecule is CCCCCCCCCCC(=O)OC[C@H](COP(=O)(O)OCC[N+](C)(C)C)OC(C)=O. The average molecular weight is 469 g/mol. The first-order chi connectivity index (χ1) is 14.4. The third kappa shape index (κ3) is 20.7. The highest BCUT2D eigenvalue weighted by Gasteiger charge is 2.26. The molecule has 0 aliphatic heterocycles. The Kier molecular flexibility index (Phi) is 16.1. The smallest absolute Gasteiger partial charge is 0.462 e. The standard InChI is InChI=1S/C21H42NO8P/c1-6-7-8-9-10-11-12-13-14-21(24)27-17-20(30-19(2)23)18-29-31(25,26)28-16-15-22(3,4)5/h20H,6-18H2,1-5H3/p+1/t20-/m1/s1. The van der Waals surface area contributed by atoms with E-state index in [9.17, 15) is 19.0 Å². The lowest BCUT2D eigenvalue weighted by molar-refractivity contribution is -0.870. The molecule has 0 saturated heterocycles. The summed E-state index contributed by atoms with van der Waals surface area (Å²) in [6.07, 6.45) is 8.29. The first kappa shape index (κ1) is 30.0. The summed E-state index contributed by atoms with van der Waals surface area (Å²) >= 11 is 0. The predicted molar refractivity (Wildman–Crippen MR) is 118 cm³/mol. The molecule has 0 rings (SSSR count). The number of quaternary nitrogens is 1. The number of carbonyl (C=O) groups excluding carboxylic acids is 2. The van der Waals surface area contributed by atoms with Crippen LogP contribution in [0, 0.1) is 0 Å². The maximum Gasteiger partial charge on any atom is 0.472 e. The van der Waals surface area contributed by atoms with Crippen molar-refractivity contribution in [1.82, 2.24) is 0 Å². The molecule has 31 heavy (non-hydrogen) atoms. The zero-order chi connectivity index (χ0) is 23.8. The van der Waals surface area contributed by atoms with Crippen LogP contribution >= 0.6 is 7.82 Å². The molecule has 9 nitrogen and oxygen atoms in total. The molecule has 0 aliphatic carbocycles. The molecule has 0 radical (unpaired) electrons. The summed E-state index contributed by atoms with van der Waals surface area (Å²) in [6.45, 7) is 3.27. The molecule has 0 saturated carbocycles. The van der Waals surface area contributed by atoms with Gasteiger partial charge in [-0.25, -0.2) is 4.57 Å². The van der Waals surface area contributed by atoms with Crippen molar-refractivity contribution in [3.8, 4) is 0 Å². The summed E-state index contributed by atoms with van der Waals surface area (Å²) in [7, 11) is 1.46. The Morgan fingerprint density at radius 3 is 2.06 bits per heavy atom. The summed E-state index contributed by atoms with van der Waals surface area (Å²) in [6, 6.07) is 0. The molecule has 2 atom stereocenters. The van der Waals surface area contributed by atoms with Crippen molar-refractivity contribution in [2.75, 3.05) is 47.5 Å². The topological polar surface area (TPSA) is 108 Å². The van der Waals surface area contributed by atoms with E-state index in [1.807, 2.05) is 21.1 Å². The molecule has 0 bridgehead atoms. The first-order valence-electron chi connectivity index (χ1n) is 11.2. The van der Waals surface area contributed by atoms with Gasteiger partial charge in [-0.1, -0.05) is 51.9 Å². The minimum Gasteiger partial charge on any atom is -0.462 e. The van der Waals surface area contributed by atoms with Gasteiger partial charge in [-0.05, 0) is 6.42 Å². The lowest BCUT2D eigenvalue weighted by atomic mass is 10.1. The molecule has 1 unspecified atom stereocenters. The fraction of sp³-hybridized carbons (Fsp3) is 0.905. The fourth-order valence-electron chi connectivity index (χ4n) is 2.66. The van der Waals surface area contributed by atoms with E-state index in [1.165, 1.54) is 39.0 Å². The third-order valence-corrected chi connectivity index (χ3v) is 5.42. The van der Waals surface area contributed by atoms with Crippen molar-refractivity contribution < 1.29 is 42.1 Å². The van der Waals surface area contributed by atoms with Gasteiger partial charge in [-0.2, -0.15) is 0 Å². The molecule has 0 heterocycles. The molecule has 0 spiro atoms. The van der Waals surface area contributed by atoms with Crippen LogP contribution in [-0.2, 0) is 32.7 Å². The second-order valence-electron chi connectivity index (χ2n) is 8.75. The van der Waals surface area contributed by atoms with Crippen LogP contribution in [0.2, 0.25) is 0 Å². The van der Waals surface area contributed by atoms with E-state index in [1.54, 1.807) is 0 Å². The van der Waals surface area contributed by atoms with Crippen LogP contribution in [0.15, 0.2) is 0 Å². The Balaban J connectivity index is 4.17. The minimum absolute atomic E-state index is 0.0309. The Morgan fingerprint density at radius 2 is 1.52 bits per heavy atom. The van der Waals surface area contributed by atoms with Crippen molar-refractivity contribution in [3.63, 3.8) is 0 Å². The number of likely N-dealkylation sites (N-methyl/N-ethyl adjacent to an activating group) is 1. The summed E-state index contributed by atoms with van der Waals surface area (Å²) in [5.41, 5.74) is 0. The van der Waals surface area contributed by atoms with Crippen molar-refractivity contribution in [3.05, 3.63) is 0 Å². The quantitative estimate of drug-likeness (QED) is 0.132. The van der Waals surface area contributed by atoms with Gasteiger partial charge in [0.25, 0.3) is 0 Å². The van der Waals surface area contributed by atoms with E-state index in [4.69, 9.17) is 18.5 Å². The van der Waals surface area contributed by atoms with Gasteiger partial charge < -0.3 is 18.9 Å². The lowest BCUT2D eigenvalue weighted by Crippen LogP contribution is -2.37. The van der Waals surface area contributed by atoms with Gasteiger partial charge in [0, 0.05) is 13.3 Å². The van der Waals surface area contributed by atoms with Crippen molar-refractivity contribution in [2.45, 2.75) is 77.7 Å². The van der Waals surface area contributed by atoms with Gasteiger partial charge >= 0.3 is 19.8 Å². The maximum atomic E-state index is 12.0. The largest absolute Gasteiger partial charge is 0.472 e. The average Bonchev–Trinajstić information content (AvgIpc) is 2.64. The number of unbranched alkanes of at least 4 members (excludes halogenated alkanes) is 7. The molecule has 0 aromatic rings. The highest BCUT2D eigenvalue weighted by atomic mass is 31.2. The molecule has 0 aliphatic rings. The van der Waals surface area contributed by atoms with Crippen LogP contribution in [0.1, 0.15) is 71.6 Å². The van der Waals surface area contributed by atoms with E-state index in [0.29, 0.717) is 11.0 Å². The van der Waals surface area contributed by atoms with E-state index in [2.05, 4.69) is 6.92 Å². The molecule has 184 valence electrons. The molecule has 0 fully saturated rings. The number of carbonyl (C=O) groups is 2. The number of nitrogens with zero attached hydrogens (tertiary/aromatic N) is 1. The lowest BCUT2D eigenvalue weighted by Gasteiger charge is -2.24. The van der Waals surface area contributed by atoms with Crippen molar-refractivity contribution in [2.24, 2.45) is 0 Å². The third-order valence-electron chi connectivity index (χ3n) is 4.44. The van der Waals surface area contributed by atoms with Crippen LogP contribution in [-0.4, -0.2) is 74.9 Å². The Morgan fingerprint density at radius 1 is 0.935 bits per heavy atom. The van der Waals surface area contributed by atoms with E-state index < -0.39 is 32.5 Å². The Labute approximate surface area is 187 Å². The molecule has 10 heteroatoms. The van der Waals surface area contributed by atoms with Crippen LogP contribution in [0.5, 0.6) is 0 Å². The molecular weight excluding hydrogens is 425 g/mol. The van der Waals surface area contributed by atoms with Crippen molar-refractivity contribution >= 4 is 19.8 Å². The first-order valence-corrected chi connectivity index (χ1v) is 12.7. The zero-order valence-electron chi connectivity index (χ0n) is 20.0. The van der Waals surface area contributed by atoms with Gasteiger partial charge in [0.2, 0.25) is 0 Å². The fourth-order valence-corrected chi connectivity index (χ4v) is 3.40. The number of esters is 2. The number of phosphoric acid groups is 1. The number of ether oxygens (including phenoxy) is 2. The number of phosphoric ester groups is 1. The summed E-state index contributed by atoms with van der Waals surface area (Å²) < 4.78 is 32.5. The summed E-state index contributed by atoms with van der Waals surface area (Å²) in [5, 5.41) is 0.